The van der Waals surface area contributed by atoms with Crippen molar-refractivity contribution in [1.82, 2.24) is 0 Å². The number of ether oxygens (including phenoxy) is 10. The molecule has 4 heterocycles. The maximum Gasteiger partial charge on any atom is 0.187 e. The molecular weight excluding hydrogens is 1060 g/mol. The first-order chi connectivity index (χ1) is 38.0. The molecule has 31 atom stereocenters. The van der Waals surface area contributed by atoms with Crippen molar-refractivity contribution < 1.29 is 124 Å². The van der Waals surface area contributed by atoms with Crippen LogP contribution < -0.4 is 0 Å². The Labute approximate surface area is 467 Å². The minimum absolute atomic E-state index is 0.0655. The average Bonchev–Trinajstić information content (AvgIpc) is 4.02. The molecule has 4 saturated carbocycles. The maximum atomic E-state index is 11.3. The average molecular weight is 1160 g/mol. The van der Waals surface area contributed by atoms with Crippen molar-refractivity contribution in [2.24, 2.45) is 52.3 Å². The molecule has 25 nitrogen and oxygen atoms in total. The van der Waals surface area contributed by atoms with Gasteiger partial charge in [-0.3, -0.25) is 0 Å². The Hall–Kier alpha value is -1.00. The van der Waals surface area contributed by atoms with Crippen LogP contribution in [0.2, 0.25) is 0 Å². The van der Waals surface area contributed by atoms with Gasteiger partial charge in [0.15, 0.2) is 25.2 Å². The third-order valence-corrected chi connectivity index (χ3v) is 20.2. The molecule has 8 aliphatic rings. The molecule has 8 fully saturated rings. The van der Waals surface area contributed by atoms with Crippen molar-refractivity contribution in [2.75, 3.05) is 52.9 Å². The fourth-order valence-electron chi connectivity index (χ4n) is 15.7. The van der Waals surface area contributed by atoms with Crippen LogP contribution in [0.4, 0.5) is 0 Å². The summed E-state index contributed by atoms with van der Waals surface area (Å²) >= 11 is 0. The van der Waals surface area contributed by atoms with Crippen molar-refractivity contribution in [3.05, 3.63) is 0 Å². The molecule has 0 aromatic rings. The normalized spacial score (nSPS) is 50.2. The number of aliphatic hydroxyl groups is 15. The second-order valence-electron chi connectivity index (χ2n) is 25.3. The highest BCUT2D eigenvalue weighted by molar-refractivity contribution is 5.15. The number of fused-ring (bicyclic) bond motifs is 5. The summed E-state index contributed by atoms with van der Waals surface area (Å²) < 4.78 is 60.2. The zero-order valence-electron chi connectivity index (χ0n) is 46.8. The van der Waals surface area contributed by atoms with Gasteiger partial charge in [0.05, 0.1) is 71.2 Å². The molecule has 4 aliphatic carbocycles. The number of aliphatic hydroxyl groups excluding tert-OH is 15. The SMILES string of the molecule is CC(C)CCC[C@@H](C)[C@H]1CC[C@H]2[C@@H]3[C@H](OCCO[C@@H]4OC(CO)[C@@H](O[C@H]5OC(CO)[C@@H](O)C(O)[C@@H]5O)C(O)[C@@H]4O)C[C@@H]4C[C@H](O)CC[C@]4(C)[C@H]3C[C@H](OCCO[C@@H]3OC(CO)[C@@H](O[C@H]4OC(CO)[C@@H](O)[C@H](O)C4O)C(O)[C@@H]3O)[C@]12C. The predicted molar refractivity (Wildman–Crippen MR) is 274 cm³/mol. The van der Waals surface area contributed by atoms with E-state index < -0.39 is 155 Å². The van der Waals surface area contributed by atoms with Crippen LogP contribution in [-0.4, -0.2) is 271 Å². The quantitative estimate of drug-likeness (QED) is 0.0447. The lowest BCUT2D eigenvalue weighted by molar-refractivity contribution is -0.360. The Balaban J connectivity index is 0.943. The molecule has 0 radical (unpaired) electrons. The van der Waals surface area contributed by atoms with E-state index in [0.717, 1.165) is 38.5 Å². The van der Waals surface area contributed by atoms with Gasteiger partial charge in [0.1, 0.15) is 97.7 Å². The first-order valence-electron chi connectivity index (χ1n) is 29.4. The van der Waals surface area contributed by atoms with Gasteiger partial charge < -0.3 is 124 Å². The van der Waals surface area contributed by atoms with E-state index in [1.807, 2.05) is 0 Å². The standard InChI is InChI=1S/C55H96O25/c1-24(2)7-6-8-25(3)28-9-10-29-37-30(19-36(55(28,29)5)72-14-16-74-51-47(70)43(66)49(35(23-59)78-51)80-53-45(68)41(64)39(62)33(21-57)76-53)54(4)12-11-27(60)17-26(54)18-31(37)71-13-15-73-50-46(69)42(65)48(34(22-58)77-50)79-52-44(67)40(63)38(61)32(20-56)75-52/h24-53,56-70H,6-23H2,1-5H3/t25-,26+,27-,28-,29+,30+,31-,32?,33?,34?,35?,36+,37+,38-,39-,40?,41+,42?,43?,44+,45?,46+,47+,48-,49-,50-,51-,52-,53-,54+,55-/m1/s1. The molecule has 0 aromatic carbocycles. The van der Waals surface area contributed by atoms with Gasteiger partial charge in [-0.15, -0.1) is 0 Å². The lowest BCUT2D eigenvalue weighted by atomic mass is 9.43. The Kier molecular flexibility index (Phi) is 22.6. The van der Waals surface area contributed by atoms with Crippen molar-refractivity contribution in [3.63, 3.8) is 0 Å². The molecule has 15 N–H and O–H groups in total. The fraction of sp³-hybridized carbons (Fsp3) is 1.00. The summed E-state index contributed by atoms with van der Waals surface area (Å²) in [6, 6.07) is 0. The fourth-order valence-corrected chi connectivity index (χ4v) is 15.7. The highest BCUT2D eigenvalue weighted by Gasteiger charge is 2.67. The van der Waals surface area contributed by atoms with E-state index in [2.05, 4.69) is 34.6 Å². The summed E-state index contributed by atoms with van der Waals surface area (Å²) in [4.78, 5) is 0. The summed E-state index contributed by atoms with van der Waals surface area (Å²) in [6.45, 7) is 8.70. The molecule has 466 valence electrons. The highest BCUT2D eigenvalue weighted by Crippen LogP contribution is 2.69. The van der Waals surface area contributed by atoms with Crippen LogP contribution >= 0.6 is 0 Å². The van der Waals surface area contributed by atoms with E-state index >= 15 is 0 Å². The van der Waals surface area contributed by atoms with Gasteiger partial charge in [0, 0.05) is 5.41 Å². The maximum absolute atomic E-state index is 11.3. The second-order valence-corrected chi connectivity index (χ2v) is 25.3. The minimum atomic E-state index is -1.81. The molecular formula is C55H96O25. The topological polar surface area (TPSA) is 396 Å². The smallest absolute Gasteiger partial charge is 0.187 e. The number of rotatable bonds is 23. The summed E-state index contributed by atoms with van der Waals surface area (Å²) in [5, 5.41) is 158. The van der Waals surface area contributed by atoms with Crippen molar-refractivity contribution in [3.8, 4) is 0 Å². The van der Waals surface area contributed by atoms with Gasteiger partial charge in [0.25, 0.3) is 0 Å². The molecule has 80 heavy (non-hydrogen) atoms. The largest absolute Gasteiger partial charge is 0.394 e. The molecule has 8 unspecified atom stereocenters. The Morgan fingerprint density at radius 2 is 0.950 bits per heavy atom. The van der Waals surface area contributed by atoms with Crippen molar-refractivity contribution in [2.45, 2.75) is 240 Å². The van der Waals surface area contributed by atoms with Gasteiger partial charge in [-0.2, -0.15) is 0 Å². The first kappa shape index (κ1) is 65.0. The third-order valence-electron chi connectivity index (χ3n) is 20.2. The van der Waals surface area contributed by atoms with E-state index in [0.29, 0.717) is 43.4 Å². The monoisotopic (exact) mass is 1160 g/mol. The Bertz CT molecular complexity index is 1890. The predicted octanol–water partition coefficient (Wildman–Crippen LogP) is -3.26. The lowest BCUT2D eigenvalue weighted by Gasteiger charge is -2.64. The zero-order chi connectivity index (χ0) is 58.1. The zero-order valence-corrected chi connectivity index (χ0v) is 46.8. The molecule has 0 spiro atoms. The molecule has 0 amide bonds. The molecule has 4 aliphatic heterocycles. The summed E-state index contributed by atoms with van der Waals surface area (Å²) in [5.74, 6) is 1.73. The molecule has 25 heteroatoms. The van der Waals surface area contributed by atoms with Crippen molar-refractivity contribution in [1.29, 1.82) is 0 Å². The number of hydrogen-bond donors (Lipinski definition) is 15. The molecule has 4 saturated heterocycles. The van der Waals surface area contributed by atoms with Gasteiger partial charge in [-0.25, -0.2) is 0 Å². The number of hydrogen-bond acceptors (Lipinski definition) is 25. The second kappa shape index (κ2) is 27.8. The van der Waals surface area contributed by atoms with E-state index in [4.69, 9.17) is 47.4 Å². The lowest BCUT2D eigenvalue weighted by Crippen LogP contribution is -2.64. The van der Waals surface area contributed by atoms with Crippen LogP contribution in [0.5, 0.6) is 0 Å². The third kappa shape index (κ3) is 13.1. The van der Waals surface area contributed by atoms with Crippen LogP contribution in [0.15, 0.2) is 0 Å². The van der Waals surface area contributed by atoms with Gasteiger partial charge in [-0.05, 0) is 91.8 Å². The Morgan fingerprint density at radius 3 is 1.45 bits per heavy atom. The van der Waals surface area contributed by atoms with Crippen molar-refractivity contribution >= 4 is 0 Å². The van der Waals surface area contributed by atoms with Gasteiger partial charge >= 0.3 is 0 Å². The first-order valence-corrected chi connectivity index (χ1v) is 29.4. The Morgan fingerprint density at radius 1 is 0.475 bits per heavy atom. The van der Waals surface area contributed by atoms with Crippen LogP contribution in [0.3, 0.4) is 0 Å². The van der Waals surface area contributed by atoms with Crippen LogP contribution in [-0.2, 0) is 47.4 Å². The highest BCUT2D eigenvalue weighted by atomic mass is 16.8. The van der Waals surface area contributed by atoms with E-state index in [9.17, 15) is 76.6 Å². The summed E-state index contributed by atoms with van der Waals surface area (Å²) in [7, 11) is 0. The molecule has 0 aromatic heterocycles. The minimum Gasteiger partial charge on any atom is -0.394 e. The van der Waals surface area contributed by atoms with E-state index in [1.165, 1.54) is 0 Å². The molecule has 8 rings (SSSR count). The molecule has 0 bridgehead atoms. The van der Waals surface area contributed by atoms with Crippen LogP contribution in [0.1, 0.15) is 98.8 Å². The van der Waals surface area contributed by atoms with Crippen LogP contribution in [0.25, 0.3) is 0 Å². The van der Waals surface area contributed by atoms with E-state index in [-0.39, 0.29) is 73.1 Å². The van der Waals surface area contributed by atoms with Gasteiger partial charge in [-0.1, -0.05) is 53.9 Å². The van der Waals surface area contributed by atoms with Gasteiger partial charge in [0.2, 0.25) is 0 Å². The van der Waals surface area contributed by atoms with E-state index in [1.54, 1.807) is 0 Å². The van der Waals surface area contributed by atoms with Crippen LogP contribution in [0, 0.1) is 52.3 Å². The summed E-state index contributed by atoms with van der Waals surface area (Å²) in [6.07, 6.45) is -23.9. The summed E-state index contributed by atoms with van der Waals surface area (Å²) in [5.41, 5.74) is -0.486.